The summed E-state index contributed by atoms with van der Waals surface area (Å²) in [7, 11) is 1.50. The van der Waals surface area contributed by atoms with Gasteiger partial charge in [-0.3, -0.25) is 4.79 Å². The van der Waals surface area contributed by atoms with E-state index >= 15 is 0 Å². The Morgan fingerprint density at radius 1 is 1.35 bits per heavy atom. The van der Waals surface area contributed by atoms with Gasteiger partial charge < -0.3 is 21.5 Å². The van der Waals surface area contributed by atoms with Crippen LogP contribution in [0.3, 0.4) is 0 Å². The summed E-state index contributed by atoms with van der Waals surface area (Å²) >= 11 is 6.34. The van der Waals surface area contributed by atoms with Crippen LogP contribution in [-0.4, -0.2) is 27.4 Å². The lowest BCUT2D eigenvalue weighted by Crippen LogP contribution is -2.27. The molecule has 0 radical (unpaired) electrons. The lowest BCUT2D eigenvalue weighted by atomic mass is 10.1. The van der Waals surface area contributed by atoms with Gasteiger partial charge in [0.2, 0.25) is 5.84 Å². The predicted octanol–water partition coefficient (Wildman–Crippen LogP) is 3.24. The smallest absolute Gasteiger partial charge is 0.260 e. The SMILES string of the molecule is CN=NC(=NN)c1c(N)ncnc1NC(C)c1cc2cccc(Cl)c2c(=O)n1C1CC1. The zero-order valence-corrected chi connectivity index (χ0v) is 17.8. The summed E-state index contributed by atoms with van der Waals surface area (Å²) in [6.07, 6.45) is 3.23. The second-order valence-corrected chi connectivity index (χ2v) is 7.69. The van der Waals surface area contributed by atoms with Crippen LogP contribution in [0.25, 0.3) is 10.8 Å². The normalized spacial score (nSPS) is 15.5. The van der Waals surface area contributed by atoms with Gasteiger partial charge in [0.15, 0.2) is 0 Å². The van der Waals surface area contributed by atoms with Gasteiger partial charge in [-0.25, -0.2) is 9.97 Å². The molecule has 3 aromatic rings. The summed E-state index contributed by atoms with van der Waals surface area (Å²) < 4.78 is 1.82. The Kier molecular flexibility index (Phi) is 5.55. The second kappa shape index (κ2) is 8.31. The average Bonchev–Trinajstić information content (AvgIpc) is 3.57. The van der Waals surface area contributed by atoms with Gasteiger partial charge in [-0.05, 0) is 37.3 Å². The largest absolute Gasteiger partial charge is 0.383 e. The van der Waals surface area contributed by atoms with E-state index in [0.29, 0.717) is 21.8 Å². The molecule has 2 heterocycles. The molecule has 1 unspecified atom stereocenters. The van der Waals surface area contributed by atoms with Crippen molar-refractivity contribution in [3.63, 3.8) is 0 Å². The Morgan fingerprint density at radius 3 is 2.81 bits per heavy atom. The first kappa shape index (κ1) is 20.7. The van der Waals surface area contributed by atoms with E-state index in [9.17, 15) is 4.79 Å². The molecule has 1 aromatic carbocycles. The van der Waals surface area contributed by atoms with Crippen LogP contribution < -0.4 is 22.5 Å². The van der Waals surface area contributed by atoms with Crippen LogP contribution in [0, 0.1) is 0 Å². The van der Waals surface area contributed by atoms with Crippen LogP contribution in [-0.2, 0) is 0 Å². The summed E-state index contributed by atoms with van der Waals surface area (Å²) in [5.74, 6) is 6.12. The maximum absolute atomic E-state index is 13.3. The molecule has 1 aliphatic rings. The maximum atomic E-state index is 13.3. The quantitative estimate of drug-likeness (QED) is 0.182. The topological polar surface area (TPSA) is 149 Å². The van der Waals surface area contributed by atoms with Crippen molar-refractivity contribution in [1.82, 2.24) is 14.5 Å². The number of fused-ring (bicyclic) bond motifs is 1. The molecular formula is C20H22ClN9O. The fourth-order valence-corrected chi connectivity index (χ4v) is 3.90. The highest BCUT2D eigenvalue weighted by atomic mass is 35.5. The molecule has 1 fully saturated rings. The molecule has 4 rings (SSSR count). The fourth-order valence-electron chi connectivity index (χ4n) is 3.64. The van der Waals surface area contributed by atoms with Crippen molar-refractivity contribution in [1.29, 1.82) is 0 Å². The van der Waals surface area contributed by atoms with Crippen LogP contribution in [0.4, 0.5) is 11.6 Å². The standard InChI is InChI=1S/C20H22ClN9O/c1-10(27-18-16(17(22)25-9-26-18)19(28-23)29-24-2)14-8-11-4-3-5-13(21)15(11)20(31)30(14)12-6-7-12/h3-5,8-10,12H,6-7,23H2,1-2H3,(H3,22,25,26,27). The number of benzene rings is 1. The molecule has 10 nitrogen and oxygen atoms in total. The van der Waals surface area contributed by atoms with Crippen LogP contribution >= 0.6 is 11.6 Å². The third kappa shape index (κ3) is 3.81. The number of rotatable bonds is 5. The van der Waals surface area contributed by atoms with Crippen LogP contribution in [0.5, 0.6) is 0 Å². The number of hydrazone groups is 1. The molecule has 1 atom stereocenters. The highest BCUT2D eigenvalue weighted by Crippen LogP contribution is 2.38. The fraction of sp³-hybridized carbons (Fsp3) is 0.300. The number of hydrogen-bond donors (Lipinski definition) is 3. The first-order valence-corrected chi connectivity index (χ1v) is 10.1. The predicted molar refractivity (Wildman–Crippen MR) is 121 cm³/mol. The Labute approximate surface area is 183 Å². The molecule has 5 N–H and O–H groups in total. The number of nitrogens with two attached hydrogens (primary N) is 2. The van der Waals surface area contributed by atoms with Crippen molar-refractivity contribution >= 4 is 39.8 Å². The van der Waals surface area contributed by atoms with E-state index in [2.05, 4.69) is 30.6 Å². The third-order valence-corrected chi connectivity index (χ3v) is 5.50. The van der Waals surface area contributed by atoms with E-state index in [1.165, 1.54) is 13.4 Å². The van der Waals surface area contributed by atoms with Crippen molar-refractivity contribution in [2.24, 2.45) is 21.2 Å². The Bertz CT molecular complexity index is 1260. The Morgan fingerprint density at radius 2 is 2.13 bits per heavy atom. The van der Waals surface area contributed by atoms with Crippen LogP contribution in [0.2, 0.25) is 5.02 Å². The molecule has 2 aromatic heterocycles. The number of halogens is 1. The number of anilines is 2. The van der Waals surface area contributed by atoms with E-state index in [4.69, 9.17) is 23.2 Å². The number of nitrogen functional groups attached to an aromatic ring is 1. The lowest BCUT2D eigenvalue weighted by Gasteiger charge is -2.22. The zero-order chi connectivity index (χ0) is 22.1. The average molecular weight is 440 g/mol. The molecule has 1 saturated carbocycles. The van der Waals surface area contributed by atoms with Crippen molar-refractivity contribution in [2.45, 2.75) is 31.8 Å². The van der Waals surface area contributed by atoms with Gasteiger partial charge >= 0.3 is 0 Å². The van der Waals surface area contributed by atoms with Gasteiger partial charge in [-0.1, -0.05) is 23.7 Å². The number of hydrogen-bond acceptors (Lipinski definition) is 8. The monoisotopic (exact) mass is 439 g/mol. The summed E-state index contributed by atoms with van der Waals surface area (Å²) in [5.41, 5.74) is 7.10. The minimum atomic E-state index is -0.303. The molecule has 160 valence electrons. The molecule has 11 heteroatoms. The van der Waals surface area contributed by atoms with Gasteiger partial charge in [0.05, 0.1) is 16.5 Å². The molecule has 0 amide bonds. The number of nitrogens with zero attached hydrogens (tertiary/aromatic N) is 6. The van der Waals surface area contributed by atoms with E-state index in [-0.39, 0.29) is 29.3 Å². The van der Waals surface area contributed by atoms with E-state index < -0.39 is 0 Å². The van der Waals surface area contributed by atoms with Gasteiger partial charge in [-0.2, -0.15) is 10.2 Å². The highest BCUT2D eigenvalue weighted by Gasteiger charge is 2.30. The van der Waals surface area contributed by atoms with Crippen LogP contribution in [0.1, 0.15) is 43.1 Å². The number of aromatic nitrogens is 3. The summed E-state index contributed by atoms with van der Waals surface area (Å²) in [4.78, 5) is 21.6. The third-order valence-electron chi connectivity index (χ3n) is 5.19. The lowest BCUT2D eigenvalue weighted by molar-refractivity contribution is 0.636. The minimum absolute atomic E-state index is 0.0966. The molecular weight excluding hydrogens is 418 g/mol. The summed E-state index contributed by atoms with van der Waals surface area (Å²) in [6, 6.07) is 7.27. The van der Waals surface area contributed by atoms with Gasteiger partial charge in [-0.15, -0.1) is 5.11 Å². The maximum Gasteiger partial charge on any atom is 0.260 e. The molecule has 0 aliphatic heterocycles. The first-order chi connectivity index (χ1) is 15.0. The molecule has 31 heavy (non-hydrogen) atoms. The highest BCUT2D eigenvalue weighted by molar-refractivity contribution is 6.35. The number of pyridine rings is 1. The zero-order valence-electron chi connectivity index (χ0n) is 17.1. The van der Waals surface area contributed by atoms with Crippen LogP contribution in [0.15, 0.2) is 50.7 Å². The summed E-state index contributed by atoms with van der Waals surface area (Å²) in [5, 5.41) is 16.4. The second-order valence-electron chi connectivity index (χ2n) is 7.28. The Balaban J connectivity index is 1.82. The van der Waals surface area contributed by atoms with Gasteiger partial charge in [0, 0.05) is 18.8 Å². The minimum Gasteiger partial charge on any atom is -0.383 e. The number of amidine groups is 1. The molecule has 0 spiro atoms. The first-order valence-electron chi connectivity index (χ1n) is 9.75. The van der Waals surface area contributed by atoms with Crippen molar-refractivity contribution < 1.29 is 0 Å². The van der Waals surface area contributed by atoms with Gasteiger partial charge in [0.1, 0.15) is 23.5 Å². The van der Waals surface area contributed by atoms with E-state index in [1.54, 1.807) is 6.07 Å². The molecule has 0 saturated heterocycles. The molecule has 0 bridgehead atoms. The van der Waals surface area contributed by atoms with E-state index in [0.717, 1.165) is 23.9 Å². The van der Waals surface area contributed by atoms with E-state index in [1.807, 2.05) is 29.7 Å². The number of azo groups is 1. The van der Waals surface area contributed by atoms with Crippen molar-refractivity contribution in [3.8, 4) is 0 Å². The number of nitrogens with one attached hydrogen (secondary N) is 1. The van der Waals surface area contributed by atoms with Gasteiger partial charge in [0.25, 0.3) is 5.56 Å². The summed E-state index contributed by atoms with van der Waals surface area (Å²) in [6.45, 7) is 1.94. The van der Waals surface area contributed by atoms with Crippen molar-refractivity contribution in [2.75, 3.05) is 18.1 Å². The van der Waals surface area contributed by atoms with Crippen molar-refractivity contribution in [3.05, 3.63) is 57.2 Å². The Hall–Kier alpha value is -3.53. The molecule has 1 aliphatic carbocycles.